The van der Waals surface area contributed by atoms with Crippen LogP contribution in [0.5, 0.6) is 0 Å². The summed E-state index contributed by atoms with van der Waals surface area (Å²) in [5.41, 5.74) is 2.64. The summed E-state index contributed by atoms with van der Waals surface area (Å²) in [6, 6.07) is 12.9. The van der Waals surface area contributed by atoms with Crippen LogP contribution in [0.1, 0.15) is 35.1 Å². The van der Waals surface area contributed by atoms with Crippen LogP contribution < -0.4 is 5.32 Å². The number of nitrogens with zero attached hydrogens (tertiary/aromatic N) is 3. The Morgan fingerprint density at radius 2 is 1.74 bits per heavy atom. The van der Waals surface area contributed by atoms with Gasteiger partial charge >= 0.3 is 6.03 Å². The van der Waals surface area contributed by atoms with E-state index in [4.69, 9.17) is 0 Å². The number of nitrogens with one attached hydrogen (secondary N) is 1. The molecule has 34 heavy (non-hydrogen) atoms. The van der Waals surface area contributed by atoms with Gasteiger partial charge in [0.15, 0.2) is 0 Å². The van der Waals surface area contributed by atoms with Gasteiger partial charge in [-0.25, -0.2) is 18.1 Å². The van der Waals surface area contributed by atoms with E-state index in [9.17, 15) is 18.0 Å². The van der Waals surface area contributed by atoms with Crippen LogP contribution in [0.15, 0.2) is 47.4 Å². The highest BCUT2D eigenvalue weighted by molar-refractivity contribution is 7.89. The molecule has 0 aromatic heterocycles. The Bertz CT molecular complexity index is 1250. The molecule has 0 saturated carbocycles. The van der Waals surface area contributed by atoms with Crippen molar-refractivity contribution in [1.29, 1.82) is 0 Å². The molecule has 2 heterocycles. The Hall–Kier alpha value is -2.75. The Labute approximate surface area is 200 Å². The number of carbonyl (C=O) groups is 2. The van der Waals surface area contributed by atoms with Crippen LogP contribution in [0.4, 0.5) is 4.79 Å². The fourth-order valence-electron chi connectivity index (χ4n) is 5.38. The largest absolute Gasteiger partial charge is 0.326 e. The van der Waals surface area contributed by atoms with Crippen molar-refractivity contribution in [2.24, 2.45) is 0 Å². The molecular weight excluding hydrogens is 452 g/mol. The summed E-state index contributed by atoms with van der Waals surface area (Å²) in [6.45, 7) is 5.37. The van der Waals surface area contributed by atoms with Crippen LogP contribution in [0.25, 0.3) is 0 Å². The van der Waals surface area contributed by atoms with Gasteiger partial charge in [0, 0.05) is 26.2 Å². The lowest BCUT2D eigenvalue weighted by atomic mass is 9.76. The SMILES string of the molecule is Cc1ccc(C)c(S(=O)(=O)N2CCN(CN3C(=O)N[C@@]4(CCCc5ccccc54)C3=O)CC2)c1. The molecule has 9 heteroatoms. The predicted molar refractivity (Wildman–Crippen MR) is 128 cm³/mol. The molecule has 2 aliphatic heterocycles. The molecule has 5 rings (SSSR count). The number of rotatable bonds is 4. The number of imide groups is 1. The summed E-state index contributed by atoms with van der Waals surface area (Å²) >= 11 is 0. The molecule has 0 unspecified atom stereocenters. The third-order valence-corrected chi connectivity index (χ3v) is 9.33. The minimum Gasteiger partial charge on any atom is -0.319 e. The number of amides is 3. The quantitative estimate of drug-likeness (QED) is 0.676. The van der Waals surface area contributed by atoms with Crippen molar-refractivity contribution in [3.8, 4) is 0 Å². The molecule has 2 fully saturated rings. The van der Waals surface area contributed by atoms with Gasteiger partial charge in [0.2, 0.25) is 10.0 Å². The van der Waals surface area contributed by atoms with Crippen molar-refractivity contribution < 1.29 is 18.0 Å². The van der Waals surface area contributed by atoms with Crippen LogP contribution >= 0.6 is 0 Å². The molecule has 1 N–H and O–H groups in total. The zero-order chi connectivity index (χ0) is 24.1. The molecule has 0 bridgehead atoms. The number of benzene rings is 2. The summed E-state index contributed by atoms with van der Waals surface area (Å²) in [6.07, 6.45) is 2.33. The first-order chi connectivity index (χ1) is 16.2. The second-order valence-electron chi connectivity index (χ2n) is 9.51. The zero-order valence-corrected chi connectivity index (χ0v) is 20.4. The van der Waals surface area contributed by atoms with Gasteiger partial charge < -0.3 is 5.32 Å². The second-order valence-corrected chi connectivity index (χ2v) is 11.4. The van der Waals surface area contributed by atoms with Crippen molar-refractivity contribution >= 4 is 22.0 Å². The van der Waals surface area contributed by atoms with E-state index in [-0.39, 0.29) is 18.6 Å². The number of sulfonamides is 1. The molecule has 2 aromatic carbocycles. The highest BCUT2D eigenvalue weighted by Crippen LogP contribution is 2.40. The van der Waals surface area contributed by atoms with E-state index in [1.165, 1.54) is 9.21 Å². The van der Waals surface area contributed by atoms with Crippen LogP contribution in [0.2, 0.25) is 0 Å². The minimum absolute atomic E-state index is 0.159. The molecule has 180 valence electrons. The van der Waals surface area contributed by atoms with E-state index in [2.05, 4.69) is 5.32 Å². The van der Waals surface area contributed by atoms with Gasteiger partial charge in [0.05, 0.1) is 11.6 Å². The molecule has 1 spiro atoms. The molecule has 8 nitrogen and oxygen atoms in total. The van der Waals surface area contributed by atoms with Crippen LogP contribution in [-0.4, -0.2) is 67.3 Å². The van der Waals surface area contributed by atoms with E-state index >= 15 is 0 Å². The van der Waals surface area contributed by atoms with Crippen LogP contribution in [-0.2, 0) is 26.8 Å². The van der Waals surface area contributed by atoms with Gasteiger partial charge in [-0.2, -0.15) is 4.31 Å². The van der Waals surface area contributed by atoms with Crippen molar-refractivity contribution in [3.63, 3.8) is 0 Å². The van der Waals surface area contributed by atoms with Crippen molar-refractivity contribution in [1.82, 2.24) is 19.4 Å². The number of fused-ring (bicyclic) bond motifs is 2. The van der Waals surface area contributed by atoms with Gasteiger partial charge in [-0.15, -0.1) is 0 Å². The molecule has 3 aliphatic rings. The number of aryl methyl sites for hydroxylation is 3. The van der Waals surface area contributed by atoms with E-state index in [0.717, 1.165) is 35.1 Å². The molecule has 2 aromatic rings. The highest BCUT2D eigenvalue weighted by Gasteiger charge is 2.54. The fourth-order valence-corrected chi connectivity index (χ4v) is 7.11. The van der Waals surface area contributed by atoms with Crippen molar-refractivity contribution in [2.75, 3.05) is 32.8 Å². The molecule has 3 amide bonds. The number of hydrogen-bond acceptors (Lipinski definition) is 5. The average Bonchev–Trinajstić information content (AvgIpc) is 3.06. The van der Waals surface area contributed by atoms with Gasteiger partial charge in [-0.3, -0.25) is 9.69 Å². The highest BCUT2D eigenvalue weighted by atomic mass is 32.2. The first-order valence-corrected chi connectivity index (χ1v) is 13.2. The summed E-state index contributed by atoms with van der Waals surface area (Å²) in [7, 11) is -3.60. The van der Waals surface area contributed by atoms with Crippen molar-refractivity contribution in [2.45, 2.75) is 43.5 Å². The van der Waals surface area contributed by atoms with E-state index < -0.39 is 15.6 Å². The third kappa shape index (κ3) is 3.72. The zero-order valence-electron chi connectivity index (χ0n) is 19.6. The summed E-state index contributed by atoms with van der Waals surface area (Å²) in [5, 5.41) is 2.99. The maximum atomic E-state index is 13.5. The number of carbonyl (C=O) groups excluding carboxylic acids is 2. The van der Waals surface area contributed by atoms with E-state index in [1.807, 2.05) is 48.2 Å². The van der Waals surface area contributed by atoms with Gasteiger partial charge in [-0.1, -0.05) is 36.4 Å². The molecule has 0 radical (unpaired) electrons. The van der Waals surface area contributed by atoms with E-state index in [0.29, 0.717) is 37.5 Å². The summed E-state index contributed by atoms with van der Waals surface area (Å²) in [5.74, 6) is -0.213. The second kappa shape index (κ2) is 8.48. The number of piperazine rings is 1. The van der Waals surface area contributed by atoms with Gasteiger partial charge in [-0.05, 0) is 61.4 Å². The lowest BCUT2D eigenvalue weighted by Gasteiger charge is -2.36. The molecule has 1 atom stereocenters. The Balaban J connectivity index is 1.28. The third-order valence-electron chi connectivity index (χ3n) is 7.28. The van der Waals surface area contributed by atoms with Crippen molar-refractivity contribution in [3.05, 3.63) is 64.7 Å². The number of urea groups is 1. The minimum atomic E-state index is -3.60. The standard InChI is InChI=1S/C25H30N4O4S/c1-18-9-10-19(2)22(16-18)34(32,33)28-14-12-27(13-15-28)17-29-23(30)25(26-24(29)31)11-5-7-20-6-3-4-8-21(20)25/h3-4,6,8-10,16H,5,7,11-15,17H2,1-2H3,(H,26,31)/t25-/m1/s1. The first-order valence-electron chi connectivity index (χ1n) is 11.7. The van der Waals surface area contributed by atoms with Gasteiger partial charge in [0.1, 0.15) is 5.54 Å². The van der Waals surface area contributed by atoms with Crippen LogP contribution in [0, 0.1) is 13.8 Å². The van der Waals surface area contributed by atoms with Crippen LogP contribution in [0.3, 0.4) is 0 Å². The lowest BCUT2D eigenvalue weighted by Crippen LogP contribution is -2.53. The topological polar surface area (TPSA) is 90.0 Å². The maximum absolute atomic E-state index is 13.5. The monoisotopic (exact) mass is 482 g/mol. The smallest absolute Gasteiger partial charge is 0.319 e. The normalized spacial score (nSPS) is 23.9. The maximum Gasteiger partial charge on any atom is 0.326 e. The lowest BCUT2D eigenvalue weighted by molar-refractivity contribution is -0.133. The Morgan fingerprint density at radius 3 is 2.50 bits per heavy atom. The van der Waals surface area contributed by atoms with E-state index in [1.54, 1.807) is 13.0 Å². The number of hydrogen-bond donors (Lipinski definition) is 1. The fraction of sp³-hybridized carbons (Fsp3) is 0.440. The Kier molecular flexibility index (Phi) is 5.74. The average molecular weight is 483 g/mol. The first kappa shape index (κ1) is 23.0. The van der Waals surface area contributed by atoms with Gasteiger partial charge in [0.25, 0.3) is 5.91 Å². The summed E-state index contributed by atoms with van der Waals surface area (Å²) in [4.78, 5) is 30.0. The summed E-state index contributed by atoms with van der Waals surface area (Å²) < 4.78 is 27.9. The predicted octanol–water partition coefficient (Wildman–Crippen LogP) is 2.35. The Morgan fingerprint density at radius 1 is 1.00 bits per heavy atom. The molecule has 1 aliphatic carbocycles. The molecule has 2 saturated heterocycles. The molecular formula is C25H30N4O4S.